The average molecular weight is 561 g/mol. The smallest absolute Gasteiger partial charge is 0.239 e. The molecule has 4 aromatic rings. The number of hydrogen-bond acceptors (Lipinski definition) is 7. The van der Waals surface area contributed by atoms with Gasteiger partial charge in [0.1, 0.15) is 22.9 Å². The third kappa shape index (κ3) is 5.14. The van der Waals surface area contributed by atoms with Crippen LogP contribution in [-0.2, 0) is 17.8 Å². The van der Waals surface area contributed by atoms with Crippen molar-refractivity contribution in [3.8, 4) is 11.3 Å². The highest BCUT2D eigenvalue weighted by molar-refractivity contribution is 5.83. The van der Waals surface area contributed by atoms with Gasteiger partial charge in [0.25, 0.3) is 0 Å². The fraction of sp³-hybridized carbons (Fsp3) is 0.433. The third-order valence-corrected chi connectivity index (χ3v) is 8.10. The number of anilines is 2. The number of likely N-dealkylation sites (tertiary alicyclic amines) is 1. The van der Waals surface area contributed by atoms with Gasteiger partial charge in [-0.15, -0.1) is 0 Å². The largest absolute Gasteiger partial charge is 0.337 e. The van der Waals surface area contributed by atoms with Crippen molar-refractivity contribution in [3.05, 3.63) is 59.2 Å². The molecular formula is C30H34F2N8O. The number of rotatable bonds is 6. The molecule has 41 heavy (non-hydrogen) atoms. The number of aromatic nitrogens is 5. The quantitative estimate of drug-likeness (QED) is 0.348. The summed E-state index contributed by atoms with van der Waals surface area (Å²) in [7, 11) is 0. The molecule has 1 atom stereocenters. The molecule has 1 aromatic carbocycles. The second-order valence-electron chi connectivity index (χ2n) is 11.2. The predicted molar refractivity (Wildman–Crippen MR) is 153 cm³/mol. The maximum Gasteiger partial charge on any atom is 0.239 e. The highest BCUT2D eigenvalue weighted by atomic mass is 19.1. The molecule has 11 heteroatoms. The summed E-state index contributed by atoms with van der Waals surface area (Å²) in [5.41, 5.74) is 3.02. The fourth-order valence-corrected chi connectivity index (χ4v) is 6.02. The number of amides is 1. The lowest BCUT2D eigenvalue weighted by atomic mass is 10.0. The molecule has 214 valence electrons. The van der Waals surface area contributed by atoms with Crippen molar-refractivity contribution >= 4 is 28.7 Å². The summed E-state index contributed by atoms with van der Waals surface area (Å²) >= 11 is 0. The first kappa shape index (κ1) is 27.2. The number of imidazole rings is 1. The van der Waals surface area contributed by atoms with E-state index < -0.39 is 11.6 Å². The van der Waals surface area contributed by atoms with Crippen LogP contribution in [0.4, 0.5) is 20.5 Å². The molecule has 3 aromatic heterocycles. The van der Waals surface area contributed by atoms with Gasteiger partial charge in [-0.25, -0.2) is 28.7 Å². The number of carbonyl (C=O) groups is 1. The SMILES string of the molecule is Cc1nc2c(F)cc(-c3nc(Nc4ccc5c(n4)CCN(C(=O)C(C)N4CCCC4)C5)ncc3F)cc2n1C(C)C. The maximum absolute atomic E-state index is 15.0. The van der Waals surface area contributed by atoms with Crippen LogP contribution in [0.5, 0.6) is 0 Å². The molecule has 0 aliphatic carbocycles. The van der Waals surface area contributed by atoms with Crippen LogP contribution in [0.3, 0.4) is 0 Å². The lowest BCUT2D eigenvalue weighted by Gasteiger charge is -2.33. The van der Waals surface area contributed by atoms with Gasteiger partial charge in [0, 0.05) is 36.8 Å². The molecule has 1 unspecified atom stereocenters. The van der Waals surface area contributed by atoms with Gasteiger partial charge in [-0.2, -0.15) is 0 Å². The van der Waals surface area contributed by atoms with E-state index in [0.717, 1.165) is 43.4 Å². The molecule has 1 saturated heterocycles. The molecule has 0 spiro atoms. The van der Waals surface area contributed by atoms with Gasteiger partial charge in [-0.05, 0) is 77.4 Å². The number of fused-ring (bicyclic) bond motifs is 2. The molecule has 5 heterocycles. The molecule has 1 fully saturated rings. The van der Waals surface area contributed by atoms with Crippen LogP contribution in [0.15, 0.2) is 30.5 Å². The first-order chi connectivity index (χ1) is 19.7. The molecule has 0 saturated carbocycles. The van der Waals surface area contributed by atoms with Gasteiger partial charge in [0.15, 0.2) is 11.6 Å². The van der Waals surface area contributed by atoms with Crippen molar-refractivity contribution in [1.82, 2.24) is 34.3 Å². The van der Waals surface area contributed by atoms with Crippen LogP contribution in [0.2, 0.25) is 0 Å². The lowest BCUT2D eigenvalue weighted by molar-refractivity contribution is -0.137. The zero-order valence-electron chi connectivity index (χ0n) is 23.8. The van der Waals surface area contributed by atoms with E-state index in [2.05, 4.69) is 25.2 Å². The fourth-order valence-electron chi connectivity index (χ4n) is 6.02. The van der Waals surface area contributed by atoms with Gasteiger partial charge in [0.2, 0.25) is 11.9 Å². The molecule has 1 N–H and O–H groups in total. The standard InChI is InChI=1S/C30H34F2N8O/c1-17(2)40-19(4)34-28-22(31)13-21(14-25(28)40)27-23(32)15-33-30(37-27)36-26-8-7-20-16-39(12-9-24(20)35-26)29(41)18(3)38-10-5-6-11-38/h7-8,13-15,17-18H,5-6,9-12,16H2,1-4H3,(H,33,35,36,37). The van der Waals surface area contributed by atoms with Crippen molar-refractivity contribution in [3.63, 3.8) is 0 Å². The number of hydrogen-bond donors (Lipinski definition) is 1. The predicted octanol–water partition coefficient (Wildman–Crippen LogP) is 5.17. The minimum Gasteiger partial charge on any atom is -0.337 e. The van der Waals surface area contributed by atoms with Crippen LogP contribution in [0.1, 0.15) is 56.7 Å². The summed E-state index contributed by atoms with van der Waals surface area (Å²) in [6.07, 6.45) is 4.01. The van der Waals surface area contributed by atoms with Gasteiger partial charge in [-0.1, -0.05) is 6.07 Å². The van der Waals surface area contributed by atoms with Crippen LogP contribution in [0, 0.1) is 18.6 Å². The number of nitrogens with zero attached hydrogens (tertiary/aromatic N) is 7. The van der Waals surface area contributed by atoms with Crippen molar-refractivity contribution in [2.45, 2.75) is 65.6 Å². The maximum atomic E-state index is 15.0. The van der Waals surface area contributed by atoms with E-state index in [0.29, 0.717) is 42.2 Å². The molecule has 9 nitrogen and oxygen atoms in total. The van der Waals surface area contributed by atoms with Crippen molar-refractivity contribution in [2.24, 2.45) is 0 Å². The van der Waals surface area contributed by atoms with E-state index in [1.54, 1.807) is 12.1 Å². The van der Waals surface area contributed by atoms with Gasteiger partial charge >= 0.3 is 0 Å². The van der Waals surface area contributed by atoms with E-state index in [1.807, 2.05) is 43.2 Å². The molecule has 1 amide bonds. The Morgan fingerprint density at radius 3 is 2.54 bits per heavy atom. The summed E-state index contributed by atoms with van der Waals surface area (Å²) in [6, 6.07) is 6.66. The Morgan fingerprint density at radius 1 is 1.00 bits per heavy atom. The van der Waals surface area contributed by atoms with E-state index in [-0.39, 0.29) is 35.1 Å². The number of halogens is 2. The minimum atomic E-state index is -0.659. The second-order valence-corrected chi connectivity index (χ2v) is 11.2. The van der Waals surface area contributed by atoms with Crippen molar-refractivity contribution < 1.29 is 13.6 Å². The lowest BCUT2D eigenvalue weighted by Crippen LogP contribution is -2.47. The number of nitrogens with one attached hydrogen (secondary N) is 1. The van der Waals surface area contributed by atoms with Crippen LogP contribution in [-0.4, -0.2) is 65.9 Å². The zero-order chi connectivity index (χ0) is 28.8. The summed E-state index contributed by atoms with van der Waals surface area (Å²) in [4.78, 5) is 34.8. The average Bonchev–Trinajstić information content (AvgIpc) is 3.61. The monoisotopic (exact) mass is 560 g/mol. The topological polar surface area (TPSA) is 92.1 Å². The molecule has 2 aliphatic heterocycles. The molecule has 0 radical (unpaired) electrons. The Balaban J connectivity index is 1.22. The summed E-state index contributed by atoms with van der Waals surface area (Å²) in [5.74, 6) is 0.313. The van der Waals surface area contributed by atoms with E-state index in [1.165, 1.54) is 6.07 Å². The number of aryl methyl sites for hydroxylation is 1. The molecule has 6 rings (SSSR count). The summed E-state index contributed by atoms with van der Waals surface area (Å²) < 4.78 is 31.9. The normalized spacial score (nSPS) is 16.4. The molecule has 2 aliphatic rings. The van der Waals surface area contributed by atoms with Crippen LogP contribution in [0.25, 0.3) is 22.3 Å². The molecular weight excluding hydrogens is 526 g/mol. The highest BCUT2D eigenvalue weighted by Crippen LogP contribution is 2.31. The van der Waals surface area contributed by atoms with Gasteiger partial charge < -0.3 is 14.8 Å². The van der Waals surface area contributed by atoms with Crippen LogP contribution >= 0.6 is 0 Å². The van der Waals surface area contributed by atoms with Crippen molar-refractivity contribution in [2.75, 3.05) is 25.0 Å². The highest BCUT2D eigenvalue weighted by Gasteiger charge is 2.30. The van der Waals surface area contributed by atoms with E-state index >= 15 is 4.39 Å². The number of carbonyl (C=O) groups excluding carboxylic acids is 1. The number of benzene rings is 1. The zero-order valence-corrected chi connectivity index (χ0v) is 23.8. The first-order valence-corrected chi connectivity index (χ1v) is 14.2. The third-order valence-electron chi connectivity index (χ3n) is 8.10. The molecule has 0 bridgehead atoms. The Labute approximate surface area is 237 Å². The Bertz CT molecular complexity index is 1630. The first-order valence-electron chi connectivity index (χ1n) is 14.2. The van der Waals surface area contributed by atoms with E-state index in [9.17, 15) is 9.18 Å². The van der Waals surface area contributed by atoms with Gasteiger partial charge in [0.05, 0.1) is 17.8 Å². The van der Waals surface area contributed by atoms with Crippen molar-refractivity contribution in [1.29, 1.82) is 0 Å². The Hall–Kier alpha value is -3.99. The van der Waals surface area contributed by atoms with E-state index in [4.69, 9.17) is 4.98 Å². The van der Waals surface area contributed by atoms with Crippen LogP contribution < -0.4 is 5.32 Å². The minimum absolute atomic E-state index is 0.0169. The summed E-state index contributed by atoms with van der Waals surface area (Å²) in [6.45, 7) is 10.9. The summed E-state index contributed by atoms with van der Waals surface area (Å²) in [5, 5.41) is 3.07. The number of pyridine rings is 1. The Morgan fingerprint density at radius 2 is 1.78 bits per heavy atom. The van der Waals surface area contributed by atoms with Gasteiger partial charge in [-0.3, -0.25) is 9.69 Å². The Kier molecular flexibility index (Phi) is 7.14. The second kappa shape index (κ2) is 10.8.